The molecule has 2 atom stereocenters. The van der Waals surface area contributed by atoms with Crippen LogP contribution >= 0.6 is 0 Å². The van der Waals surface area contributed by atoms with Crippen LogP contribution in [-0.2, 0) is 0 Å². The molecule has 2 saturated heterocycles. The fourth-order valence-electron chi connectivity index (χ4n) is 4.59. The second kappa shape index (κ2) is 11.4. The van der Waals surface area contributed by atoms with Gasteiger partial charge in [0, 0.05) is 38.4 Å². The number of anilines is 1. The van der Waals surface area contributed by atoms with Gasteiger partial charge in [0.2, 0.25) is 0 Å². The Morgan fingerprint density at radius 1 is 1.14 bits per heavy atom. The highest BCUT2D eigenvalue weighted by Gasteiger charge is 2.17. The Bertz CT molecular complexity index is 638. The first-order chi connectivity index (χ1) is 14.2. The normalized spacial score (nSPS) is 22.0. The molecule has 2 fully saturated rings. The minimum absolute atomic E-state index is 0.234. The highest BCUT2D eigenvalue weighted by molar-refractivity contribution is 5.80. The van der Waals surface area contributed by atoms with E-state index >= 15 is 0 Å². The second-order valence-electron chi connectivity index (χ2n) is 8.74. The van der Waals surface area contributed by atoms with Gasteiger partial charge in [0.05, 0.1) is 6.04 Å². The van der Waals surface area contributed by atoms with E-state index in [2.05, 4.69) is 63.5 Å². The van der Waals surface area contributed by atoms with Crippen molar-refractivity contribution in [2.45, 2.75) is 70.9 Å². The lowest BCUT2D eigenvalue weighted by Crippen LogP contribution is -2.40. The van der Waals surface area contributed by atoms with Gasteiger partial charge in [-0.25, -0.2) is 0 Å². The summed E-state index contributed by atoms with van der Waals surface area (Å²) in [6, 6.07) is 9.96. The van der Waals surface area contributed by atoms with Gasteiger partial charge in [0.15, 0.2) is 5.96 Å². The van der Waals surface area contributed by atoms with Crippen molar-refractivity contribution < 1.29 is 0 Å². The van der Waals surface area contributed by atoms with E-state index in [9.17, 15) is 0 Å². The molecule has 0 spiro atoms. The van der Waals surface area contributed by atoms with Crippen LogP contribution in [0.15, 0.2) is 29.3 Å². The number of hydrogen-bond donors (Lipinski definition) is 2. The first-order valence-corrected chi connectivity index (χ1v) is 11.7. The molecule has 1 aromatic rings. The maximum absolute atomic E-state index is 4.43. The summed E-state index contributed by atoms with van der Waals surface area (Å²) in [5.41, 5.74) is 2.67. The number of aliphatic imine (C=N–C) groups is 1. The van der Waals surface area contributed by atoms with Gasteiger partial charge in [-0.2, -0.15) is 0 Å². The molecule has 162 valence electrons. The Morgan fingerprint density at radius 3 is 2.69 bits per heavy atom. The summed E-state index contributed by atoms with van der Waals surface area (Å²) in [5.74, 6) is 0.899. The van der Waals surface area contributed by atoms with Crippen molar-refractivity contribution in [3.05, 3.63) is 29.8 Å². The van der Waals surface area contributed by atoms with Gasteiger partial charge in [-0.15, -0.1) is 0 Å². The topological polar surface area (TPSA) is 42.9 Å². The number of benzene rings is 1. The molecule has 2 N–H and O–H groups in total. The van der Waals surface area contributed by atoms with Crippen LogP contribution in [0.2, 0.25) is 0 Å². The Hall–Kier alpha value is -1.75. The predicted molar refractivity (Wildman–Crippen MR) is 125 cm³/mol. The molecule has 0 radical (unpaired) electrons. The highest BCUT2D eigenvalue weighted by atomic mass is 15.2. The van der Waals surface area contributed by atoms with Crippen molar-refractivity contribution in [1.82, 2.24) is 15.5 Å². The summed E-state index contributed by atoms with van der Waals surface area (Å²) in [7, 11) is 1.86. The third kappa shape index (κ3) is 6.63. The summed E-state index contributed by atoms with van der Waals surface area (Å²) in [5, 5.41) is 7.06. The second-order valence-corrected chi connectivity index (χ2v) is 8.74. The molecule has 2 unspecified atom stereocenters. The molecule has 0 aliphatic carbocycles. The number of unbranched alkanes of at least 4 members (excludes halogenated alkanes) is 1. The zero-order valence-corrected chi connectivity index (χ0v) is 18.8. The third-order valence-electron chi connectivity index (χ3n) is 6.52. The maximum Gasteiger partial charge on any atom is 0.191 e. The number of likely N-dealkylation sites (tertiary alicyclic amines) is 1. The summed E-state index contributed by atoms with van der Waals surface area (Å²) in [6.45, 7) is 10.5. The van der Waals surface area contributed by atoms with Gasteiger partial charge in [-0.1, -0.05) is 18.6 Å². The van der Waals surface area contributed by atoms with Gasteiger partial charge >= 0.3 is 0 Å². The molecule has 3 rings (SSSR count). The van der Waals surface area contributed by atoms with Gasteiger partial charge in [0.25, 0.3) is 0 Å². The lowest BCUT2D eigenvalue weighted by Gasteiger charge is -2.33. The molecule has 2 heterocycles. The van der Waals surface area contributed by atoms with E-state index in [1.54, 1.807) is 0 Å². The standard InChI is InChI=1S/C24H41N5/c1-20-11-4-6-15-28(20)16-7-5-14-26-24(25-3)27-21(2)22-12-10-13-23(19-22)29-17-8-9-18-29/h10,12-13,19-21H,4-9,11,14-18H2,1-3H3,(H2,25,26,27). The zero-order chi connectivity index (χ0) is 20.5. The van der Waals surface area contributed by atoms with Crippen LogP contribution < -0.4 is 15.5 Å². The number of nitrogens with one attached hydrogen (secondary N) is 2. The Balaban J connectivity index is 1.39. The largest absolute Gasteiger partial charge is 0.372 e. The van der Waals surface area contributed by atoms with Crippen molar-refractivity contribution in [1.29, 1.82) is 0 Å². The number of guanidine groups is 1. The average molecular weight is 400 g/mol. The Kier molecular flexibility index (Phi) is 8.66. The van der Waals surface area contributed by atoms with Crippen LogP contribution in [0, 0.1) is 0 Å². The van der Waals surface area contributed by atoms with Gasteiger partial charge < -0.3 is 20.4 Å². The number of hydrogen-bond acceptors (Lipinski definition) is 3. The minimum atomic E-state index is 0.234. The predicted octanol–water partition coefficient (Wildman–Crippen LogP) is 4.17. The van der Waals surface area contributed by atoms with Gasteiger partial charge in [0.1, 0.15) is 0 Å². The van der Waals surface area contributed by atoms with E-state index < -0.39 is 0 Å². The third-order valence-corrected chi connectivity index (χ3v) is 6.52. The zero-order valence-electron chi connectivity index (χ0n) is 18.8. The molecular weight excluding hydrogens is 358 g/mol. The fraction of sp³-hybridized carbons (Fsp3) is 0.708. The number of rotatable bonds is 8. The van der Waals surface area contributed by atoms with E-state index in [1.165, 1.54) is 82.4 Å². The fourth-order valence-corrected chi connectivity index (χ4v) is 4.59. The molecule has 0 bridgehead atoms. The quantitative estimate of drug-likeness (QED) is 0.391. The highest BCUT2D eigenvalue weighted by Crippen LogP contribution is 2.24. The van der Waals surface area contributed by atoms with E-state index in [0.717, 1.165) is 18.5 Å². The van der Waals surface area contributed by atoms with Crippen LogP contribution in [0.25, 0.3) is 0 Å². The summed E-state index contributed by atoms with van der Waals surface area (Å²) in [6.07, 6.45) is 9.20. The van der Waals surface area contributed by atoms with E-state index in [0.29, 0.717) is 0 Å². The van der Waals surface area contributed by atoms with Crippen LogP contribution in [0.3, 0.4) is 0 Å². The van der Waals surface area contributed by atoms with Crippen LogP contribution in [0.1, 0.15) is 70.4 Å². The summed E-state index contributed by atoms with van der Waals surface area (Å²) >= 11 is 0. The Morgan fingerprint density at radius 2 is 1.93 bits per heavy atom. The molecule has 1 aromatic carbocycles. The minimum Gasteiger partial charge on any atom is -0.372 e. The smallest absolute Gasteiger partial charge is 0.191 e. The molecular formula is C24H41N5. The molecule has 5 nitrogen and oxygen atoms in total. The molecule has 0 amide bonds. The molecule has 2 aliphatic rings. The van der Waals surface area contributed by atoms with Crippen LogP contribution in [0.5, 0.6) is 0 Å². The molecule has 0 saturated carbocycles. The number of piperidine rings is 1. The van der Waals surface area contributed by atoms with Crippen molar-refractivity contribution in [3.63, 3.8) is 0 Å². The van der Waals surface area contributed by atoms with Crippen molar-refractivity contribution in [3.8, 4) is 0 Å². The summed E-state index contributed by atoms with van der Waals surface area (Å²) < 4.78 is 0. The SMILES string of the molecule is CN=C(NCCCCN1CCCCC1C)NC(C)c1cccc(N2CCCC2)c1. The van der Waals surface area contributed by atoms with Crippen molar-refractivity contribution >= 4 is 11.6 Å². The van der Waals surface area contributed by atoms with Crippen LogP contribution in [0.4, 0.5) is 5.69 Å². The molecule has 5 heteroatoms. The van der Waals surface area contributed by atoms with Crippen molar-refractivity contribution in [2.24, 2.45) is 4.99 Å². The maximum atomic E-state index is 4.43. The average Bonchev–Trinajstić information content (AvgIpc) is 3.29. The first kappa shape index (κ1) is 21.9. The van der Waals surface area contributed by atoms with E-state index in [-0.39, 0.29) is 6.04 Å². The first-order valence-electron chi connectivity index (χ1n) is 11.7. The van der Waals surface area contributed by atoms with Gasteiger partial charge in [-0.05, 0) is 83.2 Å². The molecule has 0 aromatic heterocycles. The van der Waals surface area contributed by atoms with E-state index in [1.807, 2.05) is 7.05 Å². The lowest BCUT2D eigenvalue weighted by atomic mass is 10.0. The van der Waals surface area contributed by atoms with Gasteiger partial charge in [-0.3, -0.25) is 4.99 Å². The summed E-state index contributed by atoms with van der Waals surface area (Å²) in [4.78, 5) is 9.58. The molecule has 2 aliphatic heterocycles. The lowest BCUT2D eigenvalue weighted by molar-refractivity contribution is 0.158. The molecule has 29 heavy (non-hydrogen) atoms. The van der Waals surface area contributed by atoms with Crippen molar-refractivity contribution in [2.75, 3.05) is 44.7 Å². The van der Waals surface area contributed by atoms with E-state index in [4.69, 9.17) is 0 Å². The van der Waals surface area contributed by atoms with Crippen LogP contribution in [-0.4, -0.2) is 56.7 Å². The Labute approximate surface area is 178 Å². The monoisotopic (exact) mass is 399 g/mol. The number of nitrogens with zero attached hydrogens (tertiary/aromatic N) is 3.